The van der Waals surface area contributed by atoms with Crippen LogP contribution in [0.25, 0.3) is 0 Å². The minimum absolute atomic E-state index is 0.240. The summed E-state index contributed by atoms with van der Waals surface area (Å²) in [6, 6.07) is 5.86. The Balaban J connectivity index is 1.98. The molecule has 2 rings (SSSR count). The smallest absolute Gasteiger partial charge is 0.140 e. The molecule has 1 saturated carbocycles. The maximum atomic E-state index is 12.6. The fourth-order valence-electron chi connectivity index (χ4n) is 3.33. The third-order valence-electron chi connectivity index (χ3n) is 4.78. The van der Waals surface area contributed by atoms with Crippen LogP contribution in [-0.4, -0.2) is 12.9 Å². The Labute approximate surface area is 136 Å². The predicted octanol–water partition coefficient (Wildman–Crippen LogP) is 5.03. The van der Waals surface area contributed by atoms with E-state index in [9.17, 15) is 4.79 Å². The monoisotopic (exact) mass is 352 g/mol. The molecule has 1 fully saturated rings. The van der Waals surface area contributed by atoms with Crippen molar-refractivity contribution in [3.8, 4) is 5.75 Å². The maximum absolute atomic E-state index is 12.6. The topological polar surface area (TPSA) is 26.3 Å². The normalized spacial score (nSPS) is 22.3. The number of ketones is 1. The highest BCUT2D eigenvalue weighted by Gasteiger charge is 2.27. The molecule has 2 nitrogen and oxygen atoms in total. The number of Topliss-reactive ketones (excluding diaryl/α,β-unsaturated/α-hetero) is 1. The summed E-state index contributed by atoms with van der Waals surface area (Å²) in [5.74, 6) is 2.96. The molecule has 0 atom stereocenters. The van der Waals surface area contributed by atoms with Gasteiger partial charge in [0.15, 0.2) is 0 Å². The average molecular weight is 353 g/mol. The number of carbonyl (C=O) groups is 1. The third kappa shape index (κ3) is 4.32. The van der Waals surface area contributed by atoms with E-state index in [2.05, 4.69) is 29.8 Å². The first kappa shape index (κ1) is 16.5. The Hall–Kier alpha value is -0.830. The van der Waals surface area contributed by atoms with Crippen molar-refractivity contribution in [1.29, 1.82) is 0 Å². The zero-order valence-corrected chi connectivity index (χ0v) is 14.8. The second-order valence-electron chi connectivity index (χ2n) is 6.45. The molecule has 1 aromatic rings. The minimum Gasteiger partial charge on any atom is -0.496 e. The summed E-state index contributed by atoms with van der Waals surface area (Å²) in [7, 11) is 1.66. The molecule has 116 valence electrons. The molecule has 0 aromatic heterocycles. The van der Waals surface area contributed by atoms with Crippen molar-refractivity contribution in [2.45, 2.75) is 46.0 Å². The van der Waals surface area contributed by atoms with Crippen LogP contribution in [0.4, 0.5) is 0 Å². The molecular weight excluding hydrogens is 328 g/mol. The molecule has 0 aliphatic heterocycles. The Morgan fingerprint density at radius 1 is 1.29 bits per heavy atom. The quantitative estimate of drug-likeness (QED) is 0.742. The Bertz CT molecular complexity index is 488. The van der Waals surface area contributed by atoms with Crippen LogP contribution in [0.1, 0.15) is 45.1 Å². The second-order valence-corrected chi connectivity index (χ2v) is 7.37. The van der Waals surface area contributed by atoms with Crippen molar-refractivity contribution in [2.75, 3.05) is 7.11 Å². The second kappa shape index (κ2) is 7.44. The highest BCUT2D eigenvalue weighted by atomic mass is 79.9. The zero-order valence-electron chi connectivity index (χ0n) is 13.2. The molecule has 0 saturated heterocycles. The van der Waals surface area contributed by atoms with Crippen LogP contribution in [0, 0.1) is 17.8 Å². The van der Waals surface area contributed by atoms with Crippen LogP contribution in [-0.2, 0) is 11.2 Å². The highest BCUT2D eigenvalue weighted by Crippen LogP contribution is 2.34. The summed E-state index contributed by atoms with van der Waals surface area (Å²) in [6.45, 7) is 4.58. The first-order chi connectivity index (χ1) is 10.0. The summed E-state index contributed by atoms with van der Waals surface area (Å²) in [5, 5.41) is 0. The van der Waals surface area contributed by atoms with Crippen LogP contribution in [0.5, 0.6) is 5.75 Å². The molecule has 0 bridgehead atoms. The minimum atomic E-state index is 0.240. The van der Waals surface area contributed by atoms with Gasteiger partial charge in [0, 0.05) is 22.4 Å². The Kier molecular flexibility index (Phi) is 5.86. The lowest BCUT2D eigenvalue weighted by atomic mass is 9.75. The van der Waals surface area contributed by atoms with Gasteiger partial charge in [-0.2, -0.15) is 0 Å². The summed E-state index contributed by atoms with van der Waals surface area (Å²) >= 11 is 3.47. The van der Waals surface area contributed by atoms with Gasteiger partial charge in [-0.15, -0.1) is 0 Å². The van der Waals surface area contributed by atoms with E-state index in [1.165, 1.54) is 12.8 Å². The van der Waals surface area contributed by atoms with Crippen LogP contribution in [0.3, 0.4) is 0 Å². The number of benzene rings is 1. The summed E-state index contributed by atoms with van der Waals surface area (Å²) < 4.78 is 6.36. The third-order valence-corrected chi connectivity index (χ3v) is 5.27. The van der Waals surface area contributed by atoms with Gasteiger partial charge in [0.05, 0.1) is 7.11 Å². The van der Waals surface area contributed by atoms with Crippen molar-refractivity contribution < 1.29 is 9.53 Å². The molecule has 1 aliphatic rings. The summed E-state index contributed by atoms with van der Waals surface area (Å²) in [5.41, 5.74) is 0.989. The van der Waals surface area contributed by atoms with Gasteiger partial charge in [-0.25, -0.2) is 0 Å². The Morgan fingerprint density at radius 3 is 2.52 bits per heavy atom. The van der Waals surface area contributed by atoms with Gasteiger partial charge >= 0.3 is 0 Å². The number of methoxy groups -OCH3 is 1. The predicted molar refractivity (Wildman–Crippen MR) is 89.7 cm³/mol. The standard InChI is InChI=1S/C18H25BrO2/c1-12(2)13-4-6-14(7-5-13)17(20)11-15-10-16(19)8-9-18(15)21-3/h8-10,12-14H,4-7,11H2,1-3H3. The number of ether oxygens (including phenoxy) is 1. The largest absolute Gasteiger partial charge is 0.496 e. The zero-order chi connectivity index (χ0) is 15.4. The lowest BCUT2D eigenvalue weighted by molar-refractivity contribution is -0.123. The van der Waals surface area contributed by atoms with E-state index in [0.29, 0.717) is 12.2 Å². The van der Waals surface area contributed by atoms with E-state index in [4.69, 9.17) is 4.74 Å². The van der Waals surface area contributed by atoms with E-state index < -0.39 is 0 Å². The first-order valence-electron chi connectivity index (χ1n) is 7.86. The molecule has 3 heteroatoms. The van der Waals surface area contributed by atoms with E-state index >= 15 is 0 Å². The van der Waals surface area contributed by atoms with Gasteiger partial charge in [0.25, 0.3) is 0 Å². The van der Waals surface area contributed by atoms with Crippen LogP contribution in [0.2, 0.25) is 0 Å². The Morgan fingerprint density at radius 2 is 1.95 bits per heavy atom. The van der Waals surface area contributed by atoms with Crippen molar-refractivity contribution in [2.24, 2.45) is 17.8 Å². The van der Waals surface area contributed by atoms with Crippen LogP contribution in [0.15, 0.2) is 22.7 Å². The lowest BCUT2D eigenvalue weighted by Gasteiger charge is -2.30. The molecule has 0 radical (unpaired) electrons. The molecule has 0 unspecified atom stereocenters. The highest BCUT2D eigenvalue weighted by molar-refractivity contribution is 9.10. The number of halogens is 1. The number of hydrogen-bond donors (Lipinski definition) is 0. The van der Waals surface area contributed by atoms with Crippen molar-refractivity contribution >= 4 is 21.7 Å². The fraction of sp³-hybridized carbons (Fsp3) is 0.611. The lowest BCUT2D eigenvalue weighted by Crippen LogP contribution is -2.25. The van der Waals surface area contributed by atoms with Crippen molar-refractivity contribution in [3.63, 3.8) is 0 Å². The van der Waals surface area contributed by atoms with Gasteiger partial charge < -0.3 is 4.74 Å². The molecule has 0 amide bonds. The van der Waals surface area contributed by atoms with E-state index in [-0.39, 0.29) is 5.92 Å². The van der Waals surface area contributed by atoms with E-state index in [1.54, 1.807) is 7.11 Å². The molecule has 21 heavy (non-hydrogen) atoms. The van der Waals surface area contributed by atoms with Crippen molar-refractivity contribution in [1.82, 2.24) is 0 Å². The van der Waals surface area contributed by atoms with Crippen LogP contribution >= 0.6 is 15.9 Å². The maximum Gasteiger partial charge on any atom is 0.140 e. The molecule has 1 aliphatic carbocycles. The van der Waals surface area contributed by atoms with Gasteiger partial charge in [-0.05, 0) is 55.7 Å². The van der Waals surface area contributed by atoms with E-state index in [0.717, 1.165) is 40.5 Å². The molecule has 0 N–H and O–H groups in total. The molecule has 1 aromatic carbocycles. The molecule has 0 heterocycles. The molecular formula is C18H25BrO2. The number of rotatable bonds is 5. The summed E-state index contributed by atoms with van der Waals surface area (Å²) in [4.78, 5) is 12.6. The van der Waals surface area contributed by atoms with Crippen LogP contribution < -0.4 is 4.74 Å². The summed E-state index contributed by atoms with van der Waals surface area (Å²) in [6.07, 6.45) is 4.99. The SMILES string of the molecule is COc1ccc(Br)cc1CC(=O)C1CCC(C(C)C)CC1. The van der Waals surface area contributed by atoms with Crippen molar-refractivity contribution in [3.05, 3.63) is 28.2 Å². The number of hydrogen-bond acceptors (Lipinski definition) is 2. The average Bonchev–Trinajstić information content (AvgIpc) is 2.47. The first-order valence-corrected chi connectivity index (χ1v) is 8.65. The number of carbonyl (C=O) groups excluding carboxylic acids is 1. The molecule has 0 spiro atoms. The van der Waals surface area contributed by atoms with Gasteiger partial charge in [-0.3, -0.25) is 4.79 Å². The fourth-order valence-corrected chi connectivity index (χ4v) is 3.73. The van der Waals surface area contributed by atoms with Gasteiger partial charge in [-0.1, -0.05) is 29.8 Å². The van der Waals surface area contributed by atoms with Gasteiger partial charge in [0.1, 0.15) is 11.5 Å². The van der Waals surface area contributed by atoms with E-state index in [1.807, 2.05) is 18.2 Å². The van der Waals surface area contributed by atoms with Gasteiger partial charge in [0.2, 0.25) is 0 Å².